The Morgan fingerprint density at radius 2 is 2.04 bits per heavy atom. The summed E-state index contributed by atoms with van der Waals surface area (Å²) in [6, 6.07) is 6.68. The first kappa shape index (κ1) is 18.3. The molecule has 0 aliphatic rings. The van der Waals surface area contributed by atoms with Crippen LogP contribution in [-0.2, 0) is 17.5 Å². The zero-order valence-corrected chi connectivity index (χ0v) is 13.9. The lowest BCUT2D eigenvalue weighted by Crippen LogP contribution is -2.31. The molecule has 0 spiro atoms. The van der Waals surface area contributed by atoms with Crippen LogP contribution in [0.25, 0.3) is 5.69 Å². The van der Waals surface area contributed by atoms with Gasteiger partial charge in [-0.25, -0.2) is 4.68 Å². The molecule has 1 N–H and O–H groups in total. The van der Waals surface area contributed by atoms with Crippen LogP contribution in [0.4, 0.5) is 18.9 Å². The molecule has 1 aromatic carbocycles. The Bertz CT molecular complexity index is 1030. The number of tetrazole rings is 1. The lowest BCUT2D eigenvalue weighted by Gasteiger charge is -2.12. The number of aryl methyl sites for hydroxylation is 1. The van der Waals surface area contributed by atoms with Crippen molar-refractivity contribution < 1.29 is 18.0 Å². The van der Waals surface area contributed by atoms with Crippen molar-refractivity contribution >= 4 is 11.6 Å². The van der Waals surface area contributed by atoms with E-state index in [0.717, 1.165) is 17.8 Å². The monoisotopic (exact) mass is 378 g/mol. The summed E-state index contributed by atoms with van der Waals surface area (Å²) >= 11 is 0. The van der Waals surface area contributed by atoms with E-state index in [1.807, 2.05) is 0 Å². The van der Waals surface area contributed by atoms with Gasteiger partial charge in [0.2, 0.25) is 5.91 Å². The van der Waals surface area contributed by atoms with E-state index in [0.29, 0.717) is 22.0 Å². The Morgan fingerprint density at radius 3 is 2.67 bits per heavy atom. The van der Waals surface area contributed by atoms with Gasteiger partial charge in [-0.15, -0.1) is 5.10 Å². The second kappa shape index (κ2) is 7.02. The number of halogens is 3. The number of carbonyl (C=O) groups excluding carboxylic acids is 1. The summed E-state index contributed by atoms with van der Waals surface area (Å²) in [5, 5.41) is 13.4. The summed E-state index contributed by atoms with van der Waals surface area (Å²) in [4.78, 5) is 24.0. The number of hydrogen-bond acceptors (Lipinski definition) is 5. The first-order valence-corrected chi connectivity index (χ1v) is 7.66. The summed E-state index contributed by atoms with van der Waals surface area (Å²) in [6.07, 6.45) is -2.23. The number of nitrogens with one attached hydrogen (secondary N) is 1. The highest BCUT2D eigenvalue weighted by atomic mass is 19.4. The fourth-order valence-corrected chi connectivity index (χ4v) is 2.49. The molecule has 0 fully saturated rings. The largest absolute Gasteiger partial charge is 0.421 e. The van der Waals surface area contributed by atoms with Crippen molar-refractivity contribution in [2.24, 2.45) is 0 Å². The zero-order valence-electron chi connectivity index (χ0n) is 13.9. The molecule has 8 nitrogen and oxygen atoms in total. The molecule has 2 heterocycles. The molecule has 0 saturated heterocycles. The first-order chi connectivity index (χ1) is 12.8. The second-order valence-corrected chi connectivity index (χ2v) is 5.66. The normalized spacial score (nSPS) is 11.4. The van der Waals surface area contributed by atoms with Gasteiger partial charge in [-0.2, -0.15) is 13.2 Å². The number of anilines is 1. The maximum absolute atomic E-state index is 12.8. The van der Waals surface area contributed by atoms with Gasteiger partial charge in [-0.3, -0.25) is 9.59 Å². The van der Waals surface area contributed by atoms with Crippen LogP contribution < -0.4 is 10.9 Å². The molecule has 0 aliphatic heterocycles. The van der Waals surface area contributed by atoms with Crippen LogP contribution in [0.1, 0.15) is 11.1 Å². The predicted octanol–water partition coefficient (Wildman–Crippen LogP) is 1.79. The van der Waals surface area contributed by atoms with Gasteiger partial charge in [0.05, 0.1) is 5.69 Å². The van der Waals surface area contributed by atoms with Crippen LogP contribution in [0.5, 0.6) is 0 Å². The minimum absolute atomic E-state index is 0.425. The summed E-state index contributed by atoms with van der Waals surface area (Å²) in [5.41, 5.74) is -0.706. The summed E-state index contributed by atoms with van der Waals surface area (Å²) in [5.74, 6) is -0.633. The smallest absolute Gasteiger partial charge is 0.325 e. The molecule has 0 saturated carbocycles. The molecule has 0 radical (unpaired) electrons. The van der Waals surface area contributed by atoms with Gasteiger partial charge < -0.3 is 9.88 Å². The van der Waals surface area contributed by atoms with E-state index < -0.39 is 29.8 Å². The van der Waals surface area contributed by atoms with Gasteiger partial charge in [-0.05, 0) is 53.2 Å². The number of nitrogens with zero attached hydrogens (tertiary/aromatic N) is 5. The molecule has 27 heavy (non-hydrogen) atoms. The highest BCUT2D eigenvalue weighted by Gasteiger charge is 2.34. The Labute approximate surface area is 150 Å². The molecule has 0 atom stereocenters. The number of aromatic nitrogens is 5. The van der Waals surface area contributed by atoms with E-state index >= 15 is 0 Å². The van der Waals surface area contributed by atoms with E-state index in [4.69, 9.17) is 0 Å². The fourth-order valence-electron chi connectivity index (χ4n) is 2.49. The molecule has 140 valence electrons. The third-order valence-corrected chi connectivity index (χ3v) is 3.72. The van der Waals surface area contributed by atoms with E-state index in [1.54, 1.807) is 25.1 Å². The Hall–Kier alpha value is -3.50. The molecule has 3 aromatic rings. The highest BCUT2D eigenvalue weighted by molar-refractivity contribution is 5.90. The molecule has 3 rings (SSSR count). The Kier molecular flexibility index (Phi) is 4.75. The third-order valence-electron chi connectivity index (χ3n) is 3.72. The first-order valence-electron chi connectivity index (χ1n) is 7.66. The SMILES string of the molecule is Cc1cc(NC(=O)Cn2cccc(C(F)(F)F)c2=O)ccc1-n1cnnn1. The van der Waals surface area contributed by atoms with Gasteiger partial charge in [0.15, 0.2) is 0 Å². The van der Waals surface area contributed by atoms with Crippen molar-refractivity contribution in [3.8, 4) is 5.69 Å². The Balaban J connectivity index is 1.75. The fraction of sp³-hybridized carbons (Fsp3) is 0.188. The summed E-state index contributed by atoms with van der Waals surface area (Å²) < 4.78 is 40.5. The number of alkyl halides is 3. The number of pyridine rings is 1. The van der Waals surface area contributed by atoms with Crippen LogP contribution in [0.3, 0.4) is 0 Å². The van der Waals surface area contributed by atoms with E-state index in [1.165, 1.54) is 11.0 Å². The van der Waals surface area contributed by atoms with Crippen LogP contribution in [0.2, 0.25) is 0 Å². The molecule has 0 unspecified atom stereocenters. The summed E-state index contributed by atoms with van der Waals surface area (Å²) in [7, 11) is 0. The summed E-state index contributed by atoms with van der Waals surface area (Å²) in [6.45, 7) is 1.24. The van der Waals surface area contributed by atoms with Crippen LogP contribution >= 0.6 is 0 Å². The van der Waals surface area contributed by atoms with Crippen molar-refractivity contribution in [3.63, 3.8) is 0 Å². The van der Waals surface area contributed by atoms with Crippen molar-refractivity contribution in [2.75, 3.05) is 5.32 Å². The van der Waals surface area contributed by atoms with Crippen molar-refractivity contribution in [2.45, 2.75) is 19.6 Å². The van der Waals surface area contributed by atoms with Crippen molar-refractivity contribution in [3.05, 3.63) is 64.3 Å². The van der Waals surface area contributed by atoms with Gasteiger partial charge in [0.25, 0.3) is 5.56 Å². The molecule has 11 heteroatoms. The molecule has 2 aromatic heterocycles. The zero-order chi connectivity index (χ0) is 19.6. The minimum Gasteiger partial charge on any atom is -0.325 e. The van der Waals surface area contributed by atoms with Crippen LogP contribution in [0, 0.1) is 6.92 Å². The number of carbonyl (C=O) groups is 1. The highest BCUT2D eigenvalue weighted by Crippen LogP contribution is 2.26. The molecule has 1 amide bonds. The number of hydrogen-bond donors (Lipinski definition) is 1. The standard InChI is InChI=1S/C16H13F3N6O2/c1-10-7-11(4-5-13(10)25-9-20-22-23-25)21-14(26)8-24-6-2-3-12(15(24)27)16(17,18)19/h2-7,9H,8H2,1H3,(H,21,26). The molecule has 0 bridgehead atoms. The molecule has 0 aliphatic carbocycles. The third kappa shape index (κ3) is 4.02. The van der Waals surface area contributed by atoms with Crippen LogP contribution in [0.15, 0.2) is 47.7 Å². The van der Waals surface area contributed by atoms with Gasteiger partial charge >= 0.3 is 6.18 Å². The second-order valence-electron chi connectivity index (χ2n) is 5.66. The number of amides is 1. The topological polar surface area (TPSA) is 94.7 Å². The van der Waals surface area contributed by atoms with Crippen molar-refractivity contribution in [1.29, 1.82) is 0 Å². The minimum atomic E-state index is -4.78. The molecular formula is C16H13F3N6O2. The van der Waals surface area contributed by atoms with Crippen molar-refractivity contribution in [1.82, 2.24) is 24.8 Å². The van der Waals surface area contributed by atoms with E-state index in [-0.39, 0.29) is 0 Å². The predicted molar refractivity (Wildman–Crippen MR) is 88.2 cm³/mol. The van der Waals surface area contributed by atoms with Gasteiger partial charge in [-0.1, -0.05) is 0 Å². The maximum atomic E-state index is 12.8. The molecular weight excluding hydrogens is 365 g/mol. The lowest BCUT2D eigenvalue weighted by atomic mass is 10.2. The number of rotatable bonds is 4. The van der Waals surface area contributed by atoms with Gasteiger partial charge in [0, 0.05) is 11.9 Å². The van der Waals surface area contributed by atoms with Gasteiger partial charge in [0.1, 0.15) is 18.4 Å². The number of benzene rings is 1. The van der Waals surface area contributed by atoms with E-state index in [2.05, 4.69) is 20.8 Å². The van der Waals surface area contributed by atoms with E-state index in [9.17, 15) is 22.8 Å². The lowest BCUT2D eigenvalue weighted by molar-refractivity contribution is -0.139. The average molecular weight is 378 g/mol. The van der Waals surface area contributed by atoms with Crippen LogP contribution in [-0.4, -0.2) is 30.7 Å². The maximum Gasteiger partial charge on any atom is 0.421 e. The quantitative estimate of drug-likeness (QED) is 0.747. The average Bonchev–Trinajstić information content (AvgIpc) is 3.10. The Morgan fingerprint density at radius 1 is 1.26 bits per heavy atom.